The molecule has 0 aromatic rings. The summed E-state index contributed by atoms with van der Waals surface area (Å²) in [5, 5.41) is -0.0533. The Hall–Kier alpha value is -0.240. The van der Waals surface area contributed by atoms with E-state index in [0.29, 0.717) is 6.42 Å². The Morgan fingerprint density at radius 2 is 2.27 bits per heavy atom. The van der Waals surface area contributed by atoms with Gasteiger partial charge in [0, 0.05) is 5.38 Å². The van der Waals surface area contributed by atoms with Crippen LogP contribution in [0.5, 0.6) is 0 Å². The van der Waals surface area contributed by atoms with Gasteiger partial charge in [-0.15, -0.1) is 11.6 Å². The summed E-state index contributed by atoms with van der Waals surface area (Å²) in [5.74, 6) is -0.221. The number of ether oxygens (including phenoxy) is 1. The highest BCUT2D eigenvalue weighted by molar-refractivity contribution is 6.21. The molecule has 1 atom stereocenters. The summed E-state index contributed by atoms with van der Waals surface area (Å²) in [6.45, 7) is 2.10. The predicted octanol–water partition coefficient (Wildman–Crippen LogP) is 2.35. The van der Waals surface area contributed by atoms with Gasteiger partial charge in [0.15, 0.2) is 0 Å². The van der Waals surface area contributed by atoms with Crippen LogP contribution in [0.2, 0.25) is 0 Å². The molecule has 0 bridgehead atoms. The van der Waals surface area contributed by atoms with Gasteiger partial charge in [0.25, 0.3) is 0 Å². The Morgan fingerprint density at radius 3 is 2.73 bits per heavy atom. The van der Waals surface area contributed by atoms with Gasteiger partial charge < -0.3 is 4.74 Å². The number of carbonyl (C=O) groups is 1. The molecule has 0 aliphatic heterocycles. The maximum absolute atomic E-state index is 10.7. The molecule has 2 nitrogen and oxygen atoms in total. The molecule has 0 unspecified atom stereocenters. The molecule has 0 aromatic carbocycles. The number of hydrogen-bond acceptors (Lipinski definition) is 2. The summed E-state index contributed by atoms with van der Waals surface area (Å²) in [7, 11) is 1.38. The number of hydrogen-bond donors (Lipinski definition) is 0. The van der Waals surface area contributed by atoms with Crippen molar-refractivity contribution in [3.63, 3.8) is 0 Å². The summed E-state index contributed by atoms with van der Waals surface area (Å²) in [6, 6.07) is 0. The molecule has 0 amide bonds. The van der Waals surface area contributed by atoms with Crippen molar-refractivity contribution in [2.24, 2.45) is 0 Å². The standard InChI is InChI=1S/C8H15ClO2/c1-3-4-5-7(9)6-8(10)11-2/h7H,3-6H2,1-2H3/t7-/m0/s1. The van der Waals surface area contributed by atoms with Crippen LogP contribution >= 0.6 is 11.6 Å². The number of alkyl halides is 1. The van der Waals surface area contributed by atoms with Gasteiger partial charge in [-0.05, 0) is 6.42 Å². The van der Waals surface area contributed by atoms with Crippen LogP contribution in [0.1, 0.15) is 32.6 Å². The van der Waals surface area contributed by atoms with Crippen LogP contribution in [-0.4, -0.2) is 18.5 Å². The van der Waals surface area contributed by atoms with E-state index in [0.717, 1.165) is 19.3 Å². The number of esters is 1. The first-order valence-corrected chi connectivity index (χ1v) is 4.35. The Bertz CT molecular complexity index is 115. The van der Waals surface area contributed by atoms with Crippen molar-refractivity contribution >= 4 is 17.6 Å². The van der Waals surface area contributed by atoms with Crippen LogP contribution in [-0.2, 0) is 9.53 Å². The molecule has 0 spiro atoms. The van der Waals surface area contributed by atoms with Crippen molar-refractivity contribution in [3.05, 3.63) is 0 Å². The summed E-state index contributed by atoms with van der Waals surface area (Å²) >= 11 is 5.83. The fourth-order valence-corrected chi connectivity index (χ4v) is 1.07. The molecule has 11 heavy (non-hydrogen) atoms. The zero-order valence-corrected chi connectivity index (χ0v) is 7.86. The lowest BCUT2D eigenvalue weighted by Gasteiger charge is -2.05. The number of halogens is 1. The van der Waals surface area contributed by atoms with Gasteiger partial charge in [-0.2, -0.15) is 0 Å². The molecule has 0 saturated carbocycles. The van der Waals surface area contributed by atoms with Gasteiger partial charge in [-0.3, -0.25) is 4.79 Å². The summed E-state index contributed by atoms with van der Waals surface area (Å²) < 4.78 is 4.48. The van der Waals surface area contributed by atoms with E-state index in [2.05, 4.69) is 11.7 Å². The van der Waals surface area contributed by atoms with Gasteiger partial charge in [0.1, 0.15) is 0 Å². The van der Waals surface area contributed by atoms with Crippen LogP contribution in [0.25, 0.3) is 0 Å². The molecule has 0 aliphatic carbocycles. The molecule has 0 heterocycles. The van der Waals surface area contributed by atoms with Crippen molar-refractivity contribution < 1.29 is 9.53 Å². The highest BCUT2D eigenvalue weighted by Gasteiger charge is 2.09. The van der Waals surface area contributed by atoms with Gasteiger partial charge >= 0.3 is 5.97 Å². The Kier molecular flexibility index (Phi) is 6.33. The van der Waals surface area contributed by atoms with E-state index < -0.39 is 0 Å². The minimum atomic E-state index is -0.221. The number of methoxy groups -OCH3 is 1. The van der Waals surface area contributed by atoms with Gasteiger partial charge in [-0.25, -0.2) is 0 Å². The van der Waals surface area contributed by atoms with E-state index >= 15 is 0 Å². The smallest absolute Gasteiger partial charge is 0.307 e. The fourth-order valence-electron chi connectivity index (χ4n) is 0.792. The molecule has 0 rings (SSSR count). The quantitative estimate of drug-likeness (QED) is 0.477. The van der Waals surface area contributed by atoms with Gasteiger partial charge in [0.05, 0.1) is 13.5 Å². The second-order valence-electron chi connectivity index (χ2n) is 2.52. The van der Waals surface area contributed by atoms with Gasteiger partial charge in [0.2, 0.25) is 0 Å². The van der Waals surface area contributed by atoms with E-state index in [1.807, 2.05) is 0 Å². The molecule has 0 aromatic heterocycles. The second-order valence-corrected chi connectivity index (χ2v) is 3.14. The average Bonchev–Trinajstić information content (AvgIpc) is 2.00. The van der Waals surface area contributed by atoms with Crippen molar-refractivity contribution in [1.82, 2.24) is 0 Å². The second kappa shape index (κ2) is 6.47. The fraction of sp³-hybridized carbons (Fsp3) is 0.875. The maximum atomic E-state index is 10.7. The monoisotopic (exact) mass is 178 g/mol. The molecule has 0 N–H and O–H groups in total. The zero-order valence-electron chi connectivity index (χ0n) is 7.10. The van der Waals surface area contributed by atoms with E-state index in [1.54, 1.807) is 0 Å². The van der Waals surface area contributed by atoms with Crippen LogP contribution in [0, 0.1) is 0 Å². The Balaban J connectivity index is 3.35. The maximum Gasteiger partial charge on any atom is 0.307 e. The van der Waals surface area contributed by atoms with E-state index in [4.69, 9.17) is 11.6 Å². The molecule has 0 aliphatic rings. The summed E-state index contributed by atoms with van der Waals surface area (Å²) in [6.07, 6.45) is 3.42. The third-order valence-electron chi connectivity index (χ3n) is 1.49. The molecule has 3 heteroatoms. The first-order chi connectivity index (χ1) is 5.20. The SMILES string of the molecule is CCCC[C@H](Cl)CC(=O)OC. The minimum absolute atomic E-state index is 0.0533. The lowest BCUT2D eigenvalue weighted by atomic mass is 10.1. The van der Waals surface area contributed by atoms with E-state index in [-0.39, 0.29) is 11.3 Å². The zero-order chi connectivity index (χ0) is 8.69. The third kappa shape index (κ3) is 6.17. The molecular formula is C8H15ClO2. The molecular weight excluding hydrogens is 164 g/mol. The highest BCUT2D eigenvalue weighted by Crippen LogP contribution is 2.11. The molecule has 0 saturated heterocycles. The highest BCUT2D eigenvalue weighted by atomic mass is 35.5. The first kappa shape index (κ1) is 10.8. The number of unbranched alkanes of at least 4 members (excludes halogenated alkanes) is 1. The van der Waals surface area contributed by atoms with Crippen LogP contribution in [0.3, 0.4) is 0 Å². The first-order valence-electron chi connectivity index (χ1n) is 3.91. The molecule has 0 fully saturated rings. The van der Waals surface area contributed by atoms with Crippen molar-refractivity contribution in [3.8, 4) is 0 Å². The molecule has 0 radical (unpaired) electrons. The Morgan fingerprint density at radius 1 is 1.64 bits per heavy atom. The van der Waals surface area contributed by atoms with Crippen molar-refractivity contribution in [1.29, 1.82) is 0 Å². The topological polar surface area (TPSA) is 26.3 Å². The van der Waals surface area contributed by atoms with Crippen LogP contribution in [0.15, 0.2) is 0 Å². The molecule has 66 valence electrons. The lowest BCUT2D eigenvalue weighted by molar-refractivity contribution is -0.140. The largest absolute Gasteiger partial charge is 0.469 e. The lowest BCUT2D eigenvalue weighted by Crippen LogP contribution is -2.09. The van der Waals surface area contributed by atoms with Crippen molar-refractivity contribution in [2.75, 3.05) is 7.11 Å². The summed E-state index contributed by atoms with van der Waals surface area (Å²) in [5.41, 5.74) is 0. The van der Waals surface area contributed by atoms with Crippen LogP contribution in [0.4, 0.5) is 0 Å². The van der Waals surface area contributed by atoms with Crippen molar-refractivity contribution in [2.45, 2.75) is 38.0 Å². The summed E-state index contributed by atoms with van der Waals surface area (Å²) in [4.78, 5) is 10.7. The normalized spacial score (nSPS) is 12.6. The average molecular weight is 179 g/mol. The van der Waals surface area contributed by atoms with E-state index in [1.165, 1.54) is 7.11 Å². The van der Waals surface area contributed by atoms with E-state index in [9.17, 15) is 4.79 Å². The van der Waals surface area contributed by atoms with Gasteiger partial charge in [-0.1, -0.05) is 19.8 Å². The minimum Gasteiger partial charge on any atom is -0.469 e. The number of rotatable bonds is 5. The number of carbonyl (C=O) groups excluding carboxylic acids is 1. The van der Waals surface area contributed by atoms with Crippen LogP contribution < -0.4 is 0 Å². The third-order valence-corrected chi connectivity index (χ3v) is 1.86. The Labute approximate surface area is 72.9 Å². The predicted molar refractivity (Wildman–Crippen MR) is 45.8 cm³/mol.